The standard InChI is InChI=1S/C23H42N6O9/c1-23(5-2-20(33)27-8-11-36-14-17(24)30,6-3-21(34)28-9-12-37-15-18(25)31)7-4-22(35)29-10-13-38-16-19(26)32/h2-16H2,1H3,(H2,24,30)(H2,25,31)(H2,26,32)(H,27,33)(H,28,34)(H,29,35). The minimum absolute atomic E-state index is 0.138. The quantitative estimate of drug-likeness (QED) is 0.0683. The van der Waals surface area contributed by atoms with Crippen LogP contribution >= 0.6 is 0 Å². The van der Waals surface area contributed by atoms with E-state index in [1.54, 1.807) is 0 Å². The molecule has 15 heteroatoms. The van der Waals surface area contributed by atoms with Gasteiger partial charge in [0.1, 0.15) is 19.8 Å². The molecule has 0 atom stereocenters. The number of amides is 6. The predicted molar refractivity (Wildman–Crippen MR) is 135 cm³/mol. The van der Waals surface area contributed by atoms with Crippen molar-refractivity contribution >= 4 is 35.4 Å². The van der Waals surface area contributed by atoms with E-state index in [1.165, 1.54) is 0 Å². The van der Waals surface area contributed by atoms with Crippen molar-refractivity contribution in [3.05, 3.63) is 0 Å². The molecule has 0 spiro atoms. The fraction of sp³-hybridized carbons (Fsp3) is 0.739. The maximum absolute atomic E-state index is 12.3. The molecule has 38 heavy (non-hydrogen) atoms. The second-order valence-corrected chi connectivity index (χ2v) is 8.92. The predicted octanol–water partition coefficient (Wildman–Crippen LogP) is -2.81. The summed E-state index contributed by atoms with van der Waals surface area (Å²) in [6.45, 7) is 2.26. The first-order chi connectivity index (χ1) is 17.9. The van der Waals surface area contributed by atoms with E-state index in [2.05, 4.69) is 16.0 Å². The largest absolute Gasteiger partial charge is 0.370 e. The van der Waals surface area contributed by atoms with Gasteiger partial charge < -0.3 is 47.4 Å². The molecule has 0 unspecified atom stereocenters. The van der Waals surface area contributed by atoms with Gasteiger partial charge in [-0.25, -0.2) is 0 Å². The van der Waals surface area contributed by atoms with Gasteiger partial charge in [-0.3, -0.25) is 28.8 Å². The number of ether oxygens (including phenoxy) is 3. The molecule has 0 aromatic carbocycles. The molecule has 0 aromatic heterocycles. The Hall–Kier alpha value is -3.30. The summed E-state index contributed by atoms with van der Waals surface area (Å²) in [6, 6.07) is 0. The molecule has 0 radical (unpaired) electrons. The van der Waals surface area contributed by atoms with Gasteiger partial charge in [-0.1, -0.05) is 6.92 Å². The topological polar surface area (TPSA) is 244 Å². The SMILES string of the molecule is CC(CCC(=O)NCCOCC(N)=O)(CCC(=O)NCCOCC(N)=O)CCC(=O)NCCOCC(N)=O. The van der Waals surface area contributed by atoms with Gasteiger partial charge in [-0.15, -0.1) is 0 Å². The number of primary amides is 3. The lowest BCUT2D eigenvalue weighted by atomic mass is 9.77. The maximum atomic E-state index is 12.3. The summed E-state index contributed by atoms with van der Waals surface area (Å²) < 4.78 is 15.0. The molecule has 0 bridgehead atoms. The Morgan fingerprint density at radius 2 is 0.816 bits per heavy atom. The Morgan fingerprint density at radius 1 is 0.553 bits per heavy atom. The first kappa shape index (κ1) is 34.7. The van der Waals surface area contributed by atoms with E-state index in [0.29, 0.717) is 19.3 Å². The summed E-state index contributed by atoms with van der Waals surface area (Å²) in [5.41, 5.74) is 14.4. The summed E-state index contributed by atoms with van der Waals surface area (Å²) >= 11 is 0. The maximum Gasteiger partial charge on any atom is 0.243 e. The fourth-order valence-electron chi connectivity index (χ4n) is 3.19. The van der Waals surface area contributed by atoms with Gasteiger partial charge in [0.05, 0.1) is 19.8 Å². The van der Waals surface area contributed by atoms with Crippen molar-refractivity contribution in [3.8, 4) is 0 Å². The van der Waals surface area contributed by atoms with Gasteiger partial charge in [-0.2, -0.15) is 0 Å². The third kappa shape index (κ3) is 21.9. The first-order valence-electron chi connectivity index (χ1n) is 12.3. The summed E-state index contributed by atoms with van der Waals surface area (Å²) in [4.78, 5) is 68.7. The lowest BCUT2D eigenvalue weighted by Crippen LogP contribution is -2.33. The average molecular weight is 547 g/mol. The number of hydrogen-bond donors (Lipinski definition) is 6. The van der Waals surface area contributed by atoms with Gasteiger partial charge in [0.2, 0.25) is 35.4 Å². The van der Waals surface area contributed by atoms with Gasteiger partial charge in [-0.05, 0) is 24.7 Å². The van der Waals surface area contributed by atoms with Crippen molar-refractivity contribution in [3.63, 3.8) is 0 Å². The van der Waals surface area contributed by atoms with Crippen LogP contribution in [0.3, 0.4) is 0 Å². The smallest absolute Gasteiger partial charge is 0.243 e. The highest BCUT2D eigenvalue weighted by Gasteiger charge is 2.27. The summed E-state index contributed by atoms with van der Waals surface area (Å²) in [7, 11) is 0. The van der Waals surface area contributed by atoms with Crippen LogP contribution in [0, 0.1) is 5.41 Å². The van der Waals surface area contributed by atoms with E-state index >= 15 is 0 Å². The Labute approximate surface area is 222 Å². The highest BCUT2D eigenvalue weighted by Crippen LogP contribution is 2.34. The van der Waals surface area contributed by atoms with Crippen molar-refractivity contribution in [1.29, 1.82) is 0 Å². The average Bonchev–Trinajstić information content (AvgIpc) is 2.84. The van der Waals surface area contributed by atoms with E-state index in [1.807, 2.05) is 6.92 Å². The molecule has 15 nitrogen and oxygen atoms in total. The number of hydrogen-bond acceptors (Lipinski definition) is 9. The lowest BCUT2D eigenvalue weighted by Gasteiger charge is -2.29. The molecule has 0 fully saturated rings. The normalized spacial score (nSPS) is 11.0. The Kier molecular flexibility index (Phi) is 18.9. The van der Waals surface area contributed by atoms with Crippen LogP contribution in [-0.2, 0) is 43.0 Å². The van der Waals surface area contributed by atoms with Crippen LogP contribution in [0.25, 0.3) is 0 Å². The van der Waals surface area contributed by atoms with Gasteiger partial charge in [0.25, 0.3) is 0 Å². The van der Waals surface area contributed by atoms with E-state index in [0.717, 1.165) is 0 Å². The summed E-state index contributed by atoms with van der Waals surface area (Å²) in [5, 5.41) is 8.06. The van der Waals surface area contributed by atoms with Crippen molar-refractivity contribution in [2.45, 2.75) is 45.4 Å². The van der Waals surface area contributed by atoms with Crippen LogP contribution in [0.5, 0.6) is 0 Å². The van der Waals surface area contributed by atoms with Crippen LogP contribution in [0.1, 0.15) is 45.4 Å². The molecule has 0 aromatic rings. The molecule has 0 saturated carbocycles. The molecular formula is C23H42N6O9. The first-order valence-corrected chi connectivity index (χ1v) is 12.3. The zero-order valence-corrected chi connectivity index (χ0v) is 22.0. The minimum atomic E-state index is -0.600. The van der Waals surface area contributed by atoms with Crippen LogP contribution in [-0.4, -0.2) is 94.7 Å². The molecule has 0 aliphatic heterocycles. The van der Waals surface area contributed by atoms with Gasteiger partial charge >= 0.3 is 0 Å². The third-order valence-electron chi connectivity index (χ3n) is 5.31. The fourth-order valence-corrected chi connectivity index (χ4v) is 3.19. The van der Waals surface area contributed by atoms with Crippen LogP contribution in [0.4, 0.5) is 0 Å². The zero-order chi connectivity index (χ0) is 28.8. The zero-order valence-electron chi connectivity index (χ0n) is 22.0. The summed E-state index contributed by atoms with van der Waals surface area (Å²) in [5.74, 6) is -2.49. The van der Waals surface area contributed by atoms with E-state index in [4.69, 9.17) is 31.4 Å². The Balaban J connectivity index is 4.65. The third-order valence-corrected chi connectivity index (χ3v) is 5.31. The molecule has 218 valence electrons. The number of nitrogens with one attached hydrogen (secondary N) is 3. The van der Waals surface area contributed by atoms with Crippen molar-refractivity contribution in [2.75, 3.05) is 59.3 Å². The summed E-state index contributed by atoms with van der Waals surface area (Å²) in [6.07, 6.45) is 1.76. The molecule has 0 rings (SSSR count). The number of nitrogens with two attached hydrogens (primary N) is 3. The molecule has 0 heterocycles. The molecule has 6 amide bonds. The molecule has 0 saturated heterocycles. The number of carbonyl (C=O) groups is 6. The van der Waals surface area contributed by atoms with Crippen molar-refractivity contribution in [2.24, 2.45) is 22.6 Å². The number of carbonyl (C=O) groups excluding carboxylic acids is 6. The Morgan fingerprint density at radius 3 is 1.05 bits per heavy atom. The van der Waals surface area contributed by atoms with E-state index in [-0.39, 0.29) is 96.3 Å². The monoisotopic (exact) mass is 546 g/mol. The van der Waals surface area contributed by atoms with Crippen LogP contribution < -0.4 is 33.2 Å². The molecule has 9 N–H and O–H groups in total. The van der Waals surface area contributed by atoms with Crippen LogP contribution in [0.2, 0.25) is 0 Å². The second-order valence-electron chi connectivity index (χ2n) is 8.92. The molecule has 0 aliphatic rings. The second kappa shape index (κ2) is 20.7. The van der Waals surface area contributed by atoms with E-state index < -0.39 is 23.1 Å². The Bertz CT molecular complexity index is 681. The number of rotatable bonds is 24. The highest BCUT2D eigenvalue weighted by atomic mass is 16.5. The minimum Gasteiger partial charge on any atom is -0.370 e. The highest BCUT2D eigenvalue weighted by molar-refractivity contribution is 5.78. The van der Waals surface area contributed by atoms with Crippen molar-refractivity contribution in [1.82, 2.24) is 16.0 Å². The molecule has 0 aliphatic carbocycles. The van der Waals surface area contributed by atoms with Gasteiger partial charge in [0, 0.05) is 38.9 Å². The van der Waals surface area contributed by atoms with E-state index in [9.17, 15) is 28.8 Å². The lowest BCUT2D eigenvalue weighted by molar-refractivity contribution is -0.124. The van der Waals surface area contributed by atoms with Gasteiger partial charge in [0.15, 0.2) is 0 Å². The van der Waals surface area contributed by atoms with Crippen molar-refractivity contribution < 1.29 is 43.0 Å². The molecular weight excluding hydrogens is 504 g/mol. The van der Waals surface area contributed by atoms with Crippen LogP contribution in [0.15, 0.2) is 0 Å².